The minimum atomic E-state index is 0.660. The molecule has 76 valence electrons. The van der Waals surface area contributed by atoms with Crippen LogP contribution in [-0.2, 0) is 0 Å². The van der Waals surface area contributed by atoms with Crippen molar-refractivity contribution in [1.82, 2.24) is 0 Å². The summed E-state index contributed by atoms with van der Waals surface area (Å²) in [5, 5.41) is 0.660. The van der Waals surface area contributed by atoms with Crippen LogP contribution in [0.3, 0.4) is 0 Å². The molecule has 0 radical (unpaired) electrons. The van der Waals surface area contributed by atoms with Crippen molar-refractivity contribution in [2.75, 3.05) is 11.9 Å². The van der Waals surface area contributed by atoms with Crippen LogP contribution in [-0.4, -0.2) is 12.4 Å². The standard InChI is InChI=1S/C12H17NS/c1-3-4-9-12-13(2)10-7-5-6-8-11(10)14-12/h5-8,12H,3-4,9H2,1-2H3. The van der Waals surface area contributed by atoms with Crippen LogP contribution in [0.2, 0.25) is 0 Å². The molecule has 1 unspecified atom stereocenters. The van der Waals surface area contributed by atoms with Crippen molar-refractivity contribution in [2.45, 2.75) is 36.5 Å². The summed E-state index contributed by atoms with van der Waals surface area (Å²) in [7, 11) is 2.21. The van der Waals surface area contributed by atoms with E-state index in [1.807, 2.05) is 11.8 Å². The SMILES string of the molecule is CCCCC1Sc2ccccc2N1C. The summed E-state index contributed by atoms with van der Waals surface area (Å²) < 4.78 is 0. The van der Waals surface area contributed by atoms with E-state index in [0.717, 1.165) is 0 Å². The van der Waals surface area contributed by atoms with Crippen LogP contribution < -0.4 is 4.90 Å². The third-order valence-electron chi connectivity index (χ3n) is 2.74. The summed E-state index contributed by atoms with van der Waals surface area (Å²) in [5.74, 6) is 0. The summed E-state index contributed by atoms with van der Waals surface area (Å²) in [6, 6.07) is 8.69. The van der Waals surface area contributed by atoms with Crippen molar-refractivity contribution in [1.29, 1.82) is 0 Å². The Morgan fingerprint density at radius 2 is 2.14 bits per heavy atom. The van der Waals surface area contributed by atoms with E-state index in [1.165, 1.54) is 29.8 Å². The molecule has 14 heavy (non-hydrogen) atoms. The molecule has 0 saturated heterocycles. The van der Waals surface area contributed by atoms with E-state index in [0.29, 0.717) is 5.37 Å². The fourth-order valence-corrected chi connectivity index (χ4v) is 3.20. The molecular weight excluding hydrogens is 190 g/mol. The molecule has 1 aromatic rings. The smallest absolute Gasteiger partial charge is 0.0794 e. The van der Waals surface area contributed by atoms with Gasteiger partial charge in [-0.05, 0) is 18.6 Å². The van der Waals surface area contributed by atoms with Crippen molar-refractivity contribution < 1.29 is 0 Å². The number of hydrogen-bond donors (Lipinski definition) is 0. The first-order valence-corrected chi connectivity index (χ1v) is 6.19. The van der Waals surface area contributed by atoms with Gasteiger partial charge >= 0.3 is 0 Å². The molecule has 0 bridgehead atoms. The number of nitrogens with zero attached hydrogens (tertiary/aromatic N) is 1. The highest BCUT2D eigenvalue weighted by molar-refractivity contribution is 8.00. The lowest BCUT2D eigenvalue weighted by atomic mass is 10.2. The van der Waals surface area contributed by atoms with Crippen LogP contribution >= 0.6 is 11.8 Å². The van der Waals surface area contributed by atoms with E-state index in [-0.39, 0.29) is 0 Å². The molecular formula is C12H17NS. The number of unbranched alkanes of at least 4 members (excludes halogenated alkanes) is 1. The maximum atomic E-state index is 2.41. The first-order chi connectivity index (χ1) is 6.83. The third-order valence-corrected chi connectivity index (χ3v) is 4.17. The number of benzene rings is 1. The Labute approximate surface area is 90.5 Å². The molecule has 0 amide bonds. The van der Waals surface area contributed by atoms with Gasteiger partial charge in [-0.15, -0.1) is 0 Å². The number of hydrogen-bond acceptors (Lipinski definition) is 2. The normalized spacial score (nSPS) is 19.9. The molecule has 0 aliphatic carbocycles. The van der Waals surface area contributed by atoms with Gasteiger partial charge in [0.15, 0.2) is 0 Å². The highest BCUT2D eigenvalue weighted by Gasteiger charge is 2.25. The number of fused-ring (bicyclic) bond motifs is 1. The second-order valence-corrected chi connectivity index (χ2v) is 5.01. The molecule has 1 atom stereocenters. The minimum Gasteiger partial charge on any atom is -0.361 e. The molecule has 0 N–H and O–H groups in total. The molecule has 0 fully saturated rings. The number of para-hydroxylation sites is 1. The Bertz CT molecular complexity index is 311. The number of rotatable bonds is 3. The van der Waals surface area contributed by atoms with Gasteiger partial charge in [0.1, 0.15) is 0 Å². The summed E-state index contributed by atoms with van der Waals surface area (Å²) >= 11 is 2.01. The molecule has 1 nitrogen and oxygen atoms in total. The van der Waals surface area contributed by atoms with Crippen LogP contribution in [0.4, 0.5) is 5.69 Å². The molecule has 2 heteroatoms. The number of anilines is 1. The van der Waals surface area contributed by atoms with Crippen molar-refractivity contribution >= 4 is 17.4 Å². The second kappa shape index (κ2) is 4.26. The van der Waals surface area contributed by atoms with E-state index in [9.17, 15) is 0 Å². The fraction of sp³-hybridized carbons (Fsp3) is 0.500. The molecule has 1 aliphatic heterocycles. The van der Waals surface area contributed by atoms with Gasteiger partial charge in [-0.3, -0.25) is 0 Å². The highest BCUT2D eigenvalue weighted by Crippen LogP contribution is 2.43. The lowest BCUT2D eigenvalue weighted by Gasteiger charge is -2.20. The maximum absolute atomic E-state index is 2.41. The summed E-state index contributed by atoms with van der Waals surface area (Å²) in [4.78, 5) is 3.85. The van der Waals surface area contributed by atoms with Crippen molar-refractivity contribution in [3.63, 3.8) is 0 Å². The molecule has 0 aromatic heterocycles. The topological polar surface area (TPSA) is 3.24 Å². The Morgan fingerprint density at radius 1 is 1.36 bits per heavy atom. The Hall–Kier alpha value is -0.630. The van der Waals surface area contributed by atoms with Crippen molar-refractivity contribution in [3.8, 4) is 0 Å². The van der Waals surface area contributed by atoms with E-state index in [2.05, 4.69) is 43.1 Å². The monoisotopic (exact) mass is 207 g/mol. The van der Waals surface area contributed by atoms with E-state index >= 15 is 0 Å². The van der Waals surface area contributed by atoms with Gasteiger partial charge in [-0.1, -0.05) is 43.7 Å². The Morgan fingerprint density at radius 3 is 2.86 bits per heavy atom. The van der Waals surface area contributed by atoms with Crippen LogP contribution in [0, 0.1) is 0 Å². The molecule has 0 spiro atoms. The average molecular weight is 207 g/mol. The third kappa shape index (κ3) is 1.76. The van der Waals surface area contributed by atoms with Gasteiger partial charge in [-0.25, -0.2) is 0 Å². The van der Waals surface area contributed by atoms with Gasteiger partial charge in [0, 0.05) is 11.9 Å². The van der Waals surface area contributed by atoms with Crippen molar-refractivity contribution in [3.05, 3.63) is 24.3 Å². The Balaban J connectivity index is 2.09. The van der Waals surface area contributed by atoms with Gasteiger partial charge < -0.3 is 4.90 Å². The maximum Gasteiger partial charge on any atom is 0.0794 e. The summed E-state index contributed by atoms with van der Waals surface area (Å²) in [6.07, 6.45) is 3.92. The first-order valence-electron chi connectivity index (χ1n) is 5.31. The minimum absolute atomic E-state index is 0.660. The van der Waals surface area contributed by atoms with E-state index in [4.69, 9.17) is 0 Å². The van der Waals surface area contributed by atoms with Gasteiger partial charge in [0.25, 0.3) is 0 Å². The van der Waals surface area contributed by atoms with Gasteiger partial charge in [0.05, 0.1) is 11.1 Å². The zero-order valence-corrected chi connectivity index (χ0v) is 9.68. The molecule has 1 aromatic carbocycles. The zero-order chi connectivity index (χ0) is 9.97. The first kappa shape index (κ1) is 9.91. The average Bonchev–Trinajstić information content (AvgIpc) is 2.54. The molecule has 2 rings (SSSR count). The summed E-state index contributed by atoms with van der Waals surface area (Å²) in [5.41, 5.74) is 1.40. The van der Waals surface area contributed by atoms with Crippen LogP contribution in [0.25, 0.3) is 0 Å². The molecule has 0 saturated carbocycles. The Kier molecular flexibility index (Phi) is 3.02. The fourth-order valence-electron chi connectivity index (χ4n) is 1.86. The van der Waals surface area contributed by atoms with Crippen LogP contribution in [0.5, 0.6) is 0 Å². The van der Waals surface area contributed by atoms with E-state index < -0.39 is 0 Å². The van der Waals surface area contributed by atoms with Gasteiger partial charge in [0.2, 0.25) is 0 Å². The lowest BCUT2D eigenvalue weighted by molar-refractivity contribution is 0.679. The van der Waals surface area contributed by atoms with Crippen molar-refractivity contribution in [2.24, 2.45) is 0 Å². The highest BCUT2D eigenvalue weighted by atomic mass is 32.2. The zero-order valence-electron chi connectivity index (χ0n) is 8.86. The van der Waals surface area contributed by atoms with Crippen LogP contribution in [0.15, 0.2) is 29.2 Å². The van der Waals surface area contributed by atoms with Gasteiger partial charge in [-0.2, -0.15) is 0 Å². The van der Waals surface area contributed by atoms with E-state index in [1.54, 1.807) is 0 Å². The predicted molar refractivity (Wildman–Crippen MR) is 64.0 cm³/mol. The predicted octanol–water partition coefficient (Wildman–Crippen LogP) is 3.74. The largest absolute Gasteiger partial charge is 0.361 e. The molecule has 1 heterocycles. The lowest BCUT2D eigenvalue weighted by Crippen LogP contribution is -2.23. The number of thioether (sulfide) groups is 1. The second-order valence-electron chi connectivity index (χ2n) is 3.79. The molecule has 1 aliphatic rings. The van der Waals surface area contributed by atoms with Crippen LogP contribution in [0.1, 0.15) is 26.2 Å². The summed E-state index contributed by atoms with van der Waals surface area (Å²) in [6.45, 7) is 2.26. The quantitative estimate of drug-likeness (QED) is 0.742.